The number of nitrogens with two attached hydrogens (primary N) is 3. The van der Waals surface area contributed by atoms with Gasteiger partial charge in [-0.2, -0.15) is 0 Å². The van der Waals surface area contributed by atoms with Gasteiger partial charge in [0.25, 0.3) is 0 Å². The first kappa shape index (κ1) is 26.4. The van der Waals surface area contributed by atoms with Crippen molar-refractivity contribution in [2.75, 3.05) is 59.5 Å². The SMILES string of the molecule is C=COCCC(N)CN1CN(CC(N)CCOC=C)CN(CC(N)CCOC=C)C1. The van der Waals surface area contributed by atoms with Crippen molar-refractivity contribution in [1.82, 2.24) is 14.7 Å². The molecule has 0 aliphatic carbocycles. The minimum absolute atomic E-state index is 0.0241. The molecule has 0 spiro atoms. The maximum atomic E-state index is 6.31. The van der Waals surface area contributed by atoms with Crippen molar-refractivity contribution in [3.63, 3.8) is 0 Å². The molecule has 3 atom stereocenters. The molecule has 0 aromatic rings. The number of ether oxygens (including phenoxy) is 3. The normalized spacial score (nSPS) is 18.9. The van der Waals surface area contributed by atoms with Gasteiger partial charge in [0.15, 0.2) is 0 Å². The summed E-state index contributed by atoms with van der Waals surface area (Å²) in [5.41, 5.74) is 18.9. The largest absolute Gasteiger partial charge is 0.502 e. The molecule has 174 valence electrons. The van der Waals surface area contributed by atoms with Crippen LogP contribution >= 0.6 is 0 Å². The molecular weight excluding hydrogens is 384 g/mol. The summed E-state index contributed by atoms with van der Waals surface area (Å²) in [4.78, 5) is 7.01. The topological polar surface area (TPSA) is 115 Å². The van der Waals surface area contributed by atoms with Gasteiger partial charge in [0.2, 0.25) is 0 Å². The Morgan fingerprint density at radius 2 is 0.867 bits per heavy atom. The Bertz CT molecular complexity index is 409. The van der Waals surface area contributed by atoms with Gasteiger partial charge in [-0.3, -0.25) is 14.7 Å². The molecule has 6 N–H and O–H groups in total. The second kappa shape index (κ2) is 16.1. The summed E-state index contributed by atoms with van der Waals surface area (Å²) < 4.78 is 15.6. The van der Waals surface area contributed by atoms with Crippen molar-refractivity contribution < 1.29 is 14.2 Å². The van der Waals surface area contributed by atoms with E-state index >= 15 is 0 Å². The maximum absolute atomic E-state index is 6.31. The Morgan fingerprint density at radius 1 is 0.600 bits per heavy atom. The van der Waals surface area contributed by atoms with Crippen LogP contribution in [0.25, 0.3) is 0 Å². The van der Waals surface area contributed by atoms with E-state index in [1.165, 1.54) is 18.8 Å². The highest BCUT2D eigenvalue weighted by atomic mass is 16.5. The van der Waals surface area contributed by atoms with Gasteiger partial charge in [-0.15, -0.1) is 0 Å². The molecule has 1 aliphatic rings. The highest BCUT2D eigenvalue weighted by molar-refractivity contribution is 4.79. The molecule has 1 saturated heterocycles. The van der Waals surface area contributed by atoms with Crippen molar-refractivity contribution in [2.45, 2.75) is 37.4 Å². The monoisotopic (exact) mass is 426 g/mol. The lowest BCUT2D eigenvalue weighted by Crippen LogP contribution is -2.60. The first-order valence-electron chi connectivity index (χ1n) is 10.6. The summed E-state index contributed by atoms with van der Waals surface area (Å²) in [5.74, 6) is 0. The Hall–Kier alpha value is -1.62. The standard InChI is InChI=1S/C21H42N6O3/c1-4-28-10-7-19(22)13-25-16-26(14-20(23)8-11-29-5-2)18-27(17-25)15-21(24)9-12-30-6-3/h4-6,19-21H,1-3,7-18,22-24H2. The molecule has 0 amide bonds. The Balaban J connectivity index is 2.59. The summed E-state index contributed by atoms with van der Waals surface area (Å²) in [6.07, 6.45) is 6.68. The summed E-state index contributed by atoms with van der Waals surface area (Å²) in [6.45, 7) is 17.2. The van der Waals surface area contributed by atoms with Gasteiger partial charge in [-0.25, -0.2) is 0 Å². The average Bonchev–Trinajstić information content (AvgIpc) is 2.68. The molecule has 3 unspecified atom stereocenters. The molecule has 30 heavy (non-hydrogen) atoms. The minimum atomic E-state index is 0.0241. The van der Waals surface area contributed by atoms with E-state index in [0.717, 1.165) is 58.9 Å². The highest BCUT2D eigenvalue weighted by Gasteiger charge is 2.26. The Morgan fingerprint density at radius 3 is 1.10 bits per heavy atom. The number of hydrogen-bond donors (Lipinski definition) is 3. The zero-order valence-electron chi connectivity index (χ0n) is 18.4. The molecule has 1 heterocycles. The first-order valence-corrected chi connectivity index (χ1v) is 10.6. The number of rotatable bonds is 18. The zero-order valence-corrected chi connectivity index (χ0v) is 18.4. The molecule has 1 fully saturated rings. The maximum Gasteiger partial charge on any atom is 0.0888 e. The van der Waals surface area contributed by atoms with Crippen LogP contribution < -0.4 is 17.2 Å². The number of nitrogens with zero attached hydrogens (tertiary/aromatic N) is 3. The van der Waals surface area contributed by atoms with Crippen LogP contribution in [0.4, 0.5) is 0 Å². The summed E-state index contributed by atoms with van der Waals surface area (Å²) in [7, 11) is 0. The fourth-order valence-electron chi connectivity index (χ4n) is 3.51. The molecule has 0 aromatic carbocycles. The van der Waals surface area contributed by atoms with Gasteiger partial charge < -0.3 is 31.4 Å². The Labute approximate surface area is 182 Å². The van der Waals surface area contributed by atoms with Crippen LogP contribution in [0, 0.1) is 0 Å². The lowest BCUT2D eigenvalue weighted by atomic mass is 10.2. The average molecular weight is 427 g/mol. The van der Waals surface area contributed by atoms with E-state index in [1.54, 1.807) is 0 Å². The van der Waals surface area contributed by atoms with Gasteiger partial charge in [0, 0.05) is 37.8 Å². The fraction of sp³-hybridized carbons (Fsp3) is 0.714. The molecular formula is C21H42N6O3. The summed E-state index contributed by atoms with van der Waals surface area (Å²) >= 11 is 0. The summed E-state index contributed by atoms with van der Waals surface area (Å²) in [5, 5.41) is 0. The third-order valence-corrected chi connectivity index (χ3v) is 4.85. The zero-order chi connectivity index (χ0) is 22.2. The highest BCUT2D eigenvalue weighted by Crippen LogP contribution is 2.11. The lowest BCUT2D eigenvalue weighted by Gasteiger charge is -2.44. The van der Waals surface area contributed by atoms with Crippen LogP contribution in [-0.2, 0) is 14.2 Å². The lowest BCUT2D eigenvalue weighted by molar-refractivity contribution is -0.0383. The third kappa shape index (κ3) is 12.2. The van der Waals surface area contributed by atoms with Crippen LogP contribution in [0.2, 0.25) is 0 Å². The predicted octanol–water partition coefficient (Wildman–Crippen LogP) is 0.411. The van der Waals surface area contributed by atoms with Crippen LogP contribution in [-0.4, -0.2) is 92.3 Å². The quantitative estimate of drug-likeness (QED) is 0.212. The van der Waals surface area contributed by atoms with E-state index in [1.807, 2.05) is 0 Å². The van der Waals surface area contributed by atoms with Crippen molar-refractivity contribution in [3.05, 3.63) is 38.5 Å². The van der Waals surface area contributed by atoms with Crippen molar-refractivity contribution >= 4 is 0 Å². The molecule has 9 heteroatoms. The third-order valence-electron chi connectivity index (χ3n) is 4.85. The minimum Gasteiger partial charge on any atom is -0.502 e. The first-order chi connectivity index (χ1) is 14.5. The van der Waals surface area contributed by atoms with E-state index in [9.17, 15) is 0 Å². The molecule has 0 saturated carbocycles. The van der Waals surface area contributed by atoms with Crippen LogP contribution in [0.5, 0.6) is 0 Å². The predicted molar refractivity (Wildman–Crippen MR) is 121 cm³/mol. The van der Waals surface area contributed by atoms with Gasteiger partial charge in [-0.1, -0.05) is 19.7 Å². The Kier molecular flexibility index (Phi) is 14.2. The van der Waals surface area contributed by atoms with Crippen molar-refractivity contribution in [3.8, 4) is 0 Å². The van der Waals surface area contributed by atoms with Crippen LogP contribution in [0.15, 0.2) is 38.5 Å². The molecule has 0 bridgehead atoms. The second-order valence-electron chi connectivity index (χ2n) is 7.74. The molecule has 1 aliphatic heterocycles. The molecule has 0 aromatic heterocycles. The van der Waals surface area contributed by atoms with Gasteiger partial charge in [-0.05, 0) is 19.3 Å². The van der Waals surface area contributed by atoms with E-state index in [4.69, 9.17) is 31.4 Å². The molecule has 1 rings (SSSR count). The second-order valence-corrected chi connectivity index (χ2v) is 7.74. The van der Waals surface area contributed by atoms with E-state index in [-0.39, 0.29) is 18.1 Å². The van der Waals surface area contributed by atoms with Crippen LogP contribution in [0.1, 0.15) is 19.3 Å². The smallest absolute Gasteiger partial charge is 0.0888 e. The fourth-order valence-corrected chi connectivity index (χ4v) is 3.51. The van der Waals surface area contributed by atoms with E-state index < -0.39 is 0 Å². The van der Waals surface area contributed by atoms with E-state index in [0.29, 0.717) is 19.8 Å². The van der Waals surface area contributed by atoms with Crippen LogP contribution in [0.3, 0.4) is 0 Å². The van der Waals surface area contributed by atoms with Gasteiger partial charge >= 0.3 is 0 Å². The molecule has 9 nitrogen and oxygen atoms in total. The van der Waals surface area contributed by atoms with Gasteiger partial charge in [0.1, 0.15) is 0 Å². The summed E-state index contributed by atoms with van der Waals surface area (Å²) in [6, 6.07) is 0.0724. The van der Waals surface area contributed by atoms with Crippen molar-refractivity contribution in [2.24, 2.45) is 17.2 Å². The van der Waals surface area contributed by atoms with Gasteiger partial charge in [0.05, 0.1) is 58.6 Å². The molecule has 0 radical (unpaired) electrons. The van der Waals surface area contributed by atoms with Crippen molar-refractivity contribution in [1.29, 1.82) is 0 Å². The van der Waals surface area contributed by atoms with E-state index in [2.05, 4.69) is 34.4 Å². The number of hydrogen-bond acceptors (Lipinski definition) is 9.